The molecule has 4 heteroatoms. The summed E-state index contributed by atoms with van der Waals surface area (Å²) < 4.78 is 39.5. The number of halogens is 3. The van der Waals surface area contributed by atoms with Crippen molar-refractivity contribution in [3.05, 3.63) is 35.1 Å². The van der Waals surface area contributed by atoms with E-state index in [1.54, 1.807) is 6.92 Å². The minimum Gasteiger partial charge on any atom is -0.309 e. The maximum Gasteiger partial charge on any atom is 0.133 e. The molecule has 0 aliphatic carbocycles. The van der Waals surface area contributed by atoms with Crippen LogP contribution in [-0.4, -0.2) is 6.54 Å². The monoisotopic (exact) mass is 227 g/mol. The quantitative estimate of drug-likeness (QED) is 0.780. The number of rotatable bonds is 4. The second kappa shape index (κ2) is 5.57. The van der Waals surface area contributed by atoms with Crippen LogP contribution < -0.4 is 5.32 Å². The molecule has 1 aromatic rings. The fourth-order valence-electron chi connectivity index (χ4n) is 1.53. The minimum atomic E-state index is -0.935. The molecule has 0 fully saturated rings. The first kappa shape index (κ1) is 12.6. The summed E-state index contributed by atoms with van der Waals surface area (Å²) in [6, 6.07) is 0.675. The summed E-state index contributed by atoms with van der Waals surface area (Å²) in [6.45, 7) is 2.31. The van der Waals surface area contributed by atoms with Crippen LogP contribution >= 0.6 is 0 Å². The molecule has 1 atom stereocenters. The van der Waals surface area contributed by atoms with Gasteiger partial charge in [0.1, 0.15) is 17.5 Å². The second-order valence-corrected chi connectivity index (χ2v) is 3.30. The van der Waals surface area contributed by atoms with Gasteiger partial charge in [0.05, 0.1) is 0 Å². The van der Waals surface area contributed by atoms with E-state index in [-0.39, 0.29) is 12.0 Å². The third kappa shape index (κ3) is 2.77. The van der Waals surface area contributed by atoms with Gasteiger partial charge in [0.15, 0.2) is 0 Å². The molecular formula is C12H12F3N. The van der Waals surface area contributed by atoms with Crippen LogP contribution in [-0.2, 0) is 0 Å². The van der Waals surface area contributed by atoms with Crippen molar-refractivity contribution in [2.75, 3.05) is 6.54 Å². The van der Waals surface area contributed by atoms with Gasteiger partial charge in [-0.25, -0.2) is 13.2 Å². The number of nitrogens with one attached hydrogen (secondary N) is 1. The van der Waals surface area contributed by atoms with E-state index in [0.717, 1.165) is 0 Å². The van der Waals surface area contributed by atoms with Gasteiger partial charge in [-0.3, -0.25) is 0 Å². The molecule has 0 aliphatic heterocycles. The summed E-state index contributed by atoms with van der Waals surface area (Å²) >= 11 is 0. The van der Waals surface area contributed by atoms with Gasteiger partial charge in [-0.05, 0) is 6.54 Å². The van der Waals surface area contributed by atoms with Gasteiger partial charge in [-0.1, -0.05) is 6.92 Å². The van der Waals surface area contributed by atoms with E-state index >= 15 is 0 Å². The van der Waals surface area contributed by atoms with Crippen molar-refractivity contribution in [3.8, 4) is 12.3 Å². The van der Waals surface area contributed by atoms with Gasteiger partial charge in [-0.15, -0.1) is 12.3 Å². The molecule has 16 heavy (non-hydrogen) atoms. The van der Waals surface area contributed by atoms with Crippen LogP contribution in [0.5, 0.6) is 0 Å². The standard InChI is InChI=1S/C12H12F3N/c1-3-5-11(16-4-2)12-9(14)6-8(13)7-10(12)15/h1,6-7,11,16H,4-5H2,2H3. The van der Waals surface area contributed by atoms with Crippen LogP contribution in [0.2, 0.25) is 0 Å². The molecule has 1 rings (SSSR count). The molecule has 0 saturated carbocycles. The van der Waals surface area contributed by atoms with Crippen LogP contribution in [0.3, 0.4) is 0 Å². The molecule has 1 unspecified atom stereocenters. The zero-order valence-electron chi connectivity index (χ0n) is 8.86. The first-order valence-corrected chi connectivity index (χ1v) is 4.91. The van der Waals surface area contributed by atoms with Crippen molar-refractivity contribution >= 4 is 0 Å². The average molecular weight is 227 g/mol. The molecule has 1 nitrogen and oxygen atoms in total. The topological polar surface area (TPSA) is 12.0 Å². The molecule has 0 amide bonds. The Morgan fingerprint density at radius 2 is 1.88 bits per heavy atom. The lowest BCUT2D eigenvalue weighted by Gasteiger charge is -2.17. The summed E-state index contributed by atoms with van der Waals surface area (Å²) in [7, 11) is 0. The van der Waals surface area contributed by atoms with E-state index in [2.05, 4.69) is 11.2 Å². The van der Waals surface area contributed by atoms with Gasteiger partial charge >= 0.3 is 0 Å². The van der Waals surface area contributed by atoms with Crippen LogP contribution in [0, 0.1) is 29.8 Å². The van der Waals surface area contributed by atoms with Gasteiger partial charge in [0, 0.05) is 30.2 Å². The van der Waals surface area contributed by atoms with Gasteiger partial charge in [0.25, 0.3) is 0 Å². The predicted molar refractivity (Wildman–Crippen MR) is 56.2 cm³/mol. The van der Waals surface area contributed by atoms with Crippen molar-refractivity contribution in [1.29, 1.82) is 0 Å². The summed E-state index contributed by atoms with van der Waals surface area (Å²) in [5.74, 6) is -0.441. The average Bonchev–Trinajstić information content (AvgIpc) is 2.16. The fraction of sp³-hybridized carbons (Fsp3) is 0.333. The number of terminal acetylenes is 1. The summed E-state index contributed by atoms with van der Waals surface area (Å²) in [5, 5.41) is 2.86. The van der Waals surface area contributed by atoms with Gasteiger partial charge in [-0.2, -0.15) is 0 Å². The molecule has 0 bridgehead atoms. The highest BCUT2D eigenvalue weighted by atomic mass is 19.1. The van der Waals surface area contributed by atoms with E-state index in [1.807, 2.05) is 0 Å². The van der Waals surface area contributed by atoms with E-state index in [0.29, 0.717) is 18.7 Å². The predicted octanol–water partition coefficient (Wildman–Crippen LogP) is 2.78. The van der Waals surface area contributed by atoms with Crippen LogP contribution in [0.25, 0.3) is 0 Å². The van der Waals surface area contributed by atoms with E-state index in [1.165, 1.54) is 0 Å². The number of hydrogen-bond donors (Lipinski definition) is 1. The molecule has 0 spiro atoms. The molecule has 0 aromatic heterocycles. The van der Waals surface area contributed by atoms with Crippen molar-refractivity contribution in [1.82, 2.24) is 5.32 Å². The Morgan fingerprint density at radius 3 is 2.31 bits per heavy atom. The Bertz CT molecular complexity index is 386. The minimum absolute atomic E-state index is 0.146. The van der Waals surface area contributed by atoms with Crippen molar-refractivity contribution in [3.63, 3.8) is 0 Å². The van der Waals surface area contributed by atoms with E-state index in [9.17, 15) is 13.2 Å². The summed E-state index contributed by atoms with van der Waals surface area (Å²) in [4.78, 5) is 0. The molecular weight excluding hydrogens is 215 g/mol. The zero-order valence-corrected chi connectivity index (χ0v) is 8.86. The molecule has 0 aliphatic rings. The maximum atomic E-state index is 13.4. The Balaban J connectivity index is 3.13. The lowest BCUT2D eigenvalue weighted by molar-refractivity contribution is 0.468. The zero-order chi connectivity index (χ0) is 12.1. The third-order valence-electron chi connectivity index (χ3n) is 2.16. The van der Waals surface area contributed by atoms with Crippen molar-refractivity contribution < 1.29 is 13.2 Å². The highest BCUT2D eigenvalue weighted by Gasteiger charge is 2.19. The third-order valence-corrected chi connectivity index (χ3v) is 2.16. The Labute approximate surface area is 92.7 Å². The second-order valence-electron chi connectivity index (χ2n) is 3.30. The molecule has 0 saturated heterocycles. The first-order valence-electron chi connectivity index (χ1n) is 4.91. The van der Waals surface area contributed by atoms with E-state index < -0.39 is 23.5 Å². The SMILES string of the molecule is C#CCC(NCC)c1c(F)cc(F)cc1F. The van der Waals surface area contributed by atoms with Crippen LogP contribution in [0.4, 0.5) is 13.2 Å². The molecule has 86 valence electrons. The normalized spacial score (nSPS) is 12.2. The van der Waals surface area contributed by atoms with Gasteiger partial charge < -0.3 is 5.32 Å². The molecule has 1 aromatic carbocycles. The maximum absolute atomic E-state index is 13.4. The van der Waals surface area contributed by atoms with Crippen LogP contribution in [0.15, 0.2) is 12.1 Å². The molecule has 0 radical (unpaired) electrons. The van der Waals surface area contributed by atoms with E-state index in [4.69, 9.17) is 6.42 Å². The van der Waals surface area contributed by atoms with Crippen molar-refractivity contribution in [2.24, 2.45) is 0 Å². The Morgan fingerprint density at radius 1 is 1.31 bits per heavy atom. The van der Waals surface area contributed by atoms with Crippen molar-refractivity contribution in [2.45, 2.75) is 19.4 Å². The number of hydrogen-bond acceptors (Lipinski definition) is 1. The highest BCUT2D eigenvalue weighted by Crippen LogP contribution is 2.24. The van der Waals surface area contributed by atoms with Crippen LogP contribution in [0.1, 0.15) is 24.9 Å². The largest absolute Gasteiger partial charge is 0.309 e. The summed E-state index contributed by atoms with van der Waals surface area (Å²) in [6.07, 6.45) is 5.26. The highest BCUT2D eigenvalue weighted by molar-refractivity contribution is 5.25. The molecule has 1 N–H and O–H groups in total. The number of benzene rings is 1. The first-order chi connectivity index (χ1) is 7.60. The lowest BCUT2D eigenvalue weighted by Crippen LogP contribution is -2.22. The molecule has 0 heterocycles. The summed E-state index contributed by atoms with van der Waals surface area (Å²) in [5.41, 5.74) is -0.207. The lowest BCUT2D eigenvalue weighted by atomic mass is 10.0. The Kier molecular flexibility index (Phi) is 4.39. The Hall–Kier alpha value is -1.47. The smallest absolute Gasteiger partial charge is 0.133 e. The van der Waals surface area contributed by atoms with Gasteiger partial charge in [0.2, 0.25) is 0 Å². The fourth-order valence-corrected chi connectivity index (χ4v) is 1.53.